The zero-order valence-corrected chi connectivity index (χ0v) is 16.4. The molecule has 2 atom stereocenters. The molecule has 1 aromatic carbocycles. The number of hydrogen-bond acceptors (Lipinski definition) is 3. The maximum Gasteiger partial charge on any atom is 0.237 e. The van der Waals surface area contributed by atoms with Crippen LogP contribution in [0.1, 0.15) is 50.5 Å². The minimum absolute atomic E-state index is 0.0625. The Morgan fingerprint density at radius 3 is 2.75 bits per heavy atom. The van der Waals surface area contributed by atoms with Gasteiger partial charge < -0.3 is 15.5 Å². The highest BCUT2D eigenvalue weighted by Gasteiger charge is 2.48. The van der Waals surface area contributed by atoms with E-state index in [9.17, 15) is 14.0 Å². The Morgan fingerprint density at radius 1 is 1.21 bits per heavy atom. The molecular formula is C22H30FN3O2. The SMILES string of the molecule is O=C(NCC1CCCN(C(=O)C2(c3cccc(F)c3)CCC2)C1)C1CCCN1. The average molecular weight is 387 g/mol. The molecule has 2 heterocycles. The maximum atomic E-state index is 13.8. The van der Waals surface area contributed by atoms with Crippen LogP contribution >= 0.6 is 0 Å². The fourth-order valence-electron chi connectivity index (χ4n) is 4.94. The van der Waals surface area contributed by atoms with Crippen molar-refractivity contribution in [1.82, 2.24) is 15.5 Å². The summed E-state index contributed by atoms with van der Waals surface area (Å²) in [5.41, 5.74) is 0.257. The normalized spacial score (nSPS) is 26.5. The van der Waals surface area contributed by atoms with Crippen molar-refractivity contribution >= 4 is 11.8 Å². The van der Waals surface area contributed by atoms with Gasteiger partial charge in [-0.15, -0.1) is 0 Å². The van der Waals surface area contributed by atoms with Crippen LogP contribution in [0.15, 0.2) is 24.3 Å². The van der Waals surface area contributed by atoms with Gasteiger partial charge in [0, 0.05) is 19.6 Å². The summed E-state index contributed by atoms with van der Waals surface area (Å²) in [5, 5.41) is 6.29. The Bertz CT molecular complexity index is 728. The first-order chi connectivity index (χ1) is 13.6. The Hall–Kier alpha value is -1.95. The van der Waals surface area contributed by atoms with Gasteiger partial charge in [0.15, 0.2) is 0 Å². The van der Waals surface area contributed by atoms with E-state index in [1.807, 2.05) is 11.0 Å². The number of halogens is 1. The largest absolute Gasteiger partial charge is 0.354 e. The van der Waals surface area contributed by atoms with Crippen LogP contribution in [-0.4, -0.2) is 48.9 Å². The zero-order chi connectivity index (χ0) is 19.6. The molecule has 3 aliphatic rings. The predicted octanol–water partition coefficient (Wildman–Crippen LogP) is 2.35. The van der Waals surface area contributed by atoms with E-state index in [0.717, 1.165) is 63.6 Å². The molecule has 2 aliphatic heterocycles. The number of carbonyl (C=O) groups excluding carboxylic acids is 2. The first-order valence-electron chi connectivity index (χ1n) is 10.6. The van der Waals surface area contributed by atoms with Crippen LogP contribution in [0, 0.1) is 11.7 Å². The quantitative estimate of drug-likeness (QED) is 0.815. The lowest BCUT2D eigenvalue weighted by atomic mass is 9.63. The Morgan fingerprint density at radius 2 is 2.07 bits per heavy atom. The van der Waals surface area contributed by atoms with Crippen molar-refractivity contribution in [1.29, 1.82) is 0 Å². The fourth-order valence-corrected chi connectivity index (χ4v) is 4.94. The molecule has 4 rings (SSSR count). The summed E-state index contributed by atoms with van der Waals surface area (Å²) in [7, 11) is 0. The summed E-state index contributed by atoms with van der Waals surface area (Å²) in [6, 6.07) is 6.47. The molecule has 2 amide bonds. The van der Waals surface area contributed by atoms with E-state index in [1.165, 1.54) is 12.1 Å². The van der Waals surface area contributed by atoms with Crippen molar-refractivity contribution in [2.24, 2.45) is 5.92 Å². The highest BCUT2D eigenvalue weighted by molar-refractivity contribution is 5.89. The molecule has 28 heavy (non-hydrogen) atoms. The van der Waals surface area contributed by atoms with Gasteiger partial charge in [-0.25, -0.2) is 4.39 Å². The third-order valence-electron chi connectivity index (χ3n) is 6.74. The van der Waals surface area contributed by atoms with Crippen LogP contribution < -0.4 is 10.6 Å². The molecule has 5 nitrogen and oxygen atoms in total. The number of piperidine rings is 1. The molecule has 1 aromatic rings. The molecule has 3 fully saturated rings. The van der Waals surface area contributed by atoms with E-state index in [1.54, 1.807) is 6.07 Å². The van der Waals surface area contributed by atoms with Gasteiger partial charge in [0.1, 0.15) is 5.82 Å². The van der Waals surface area contributed by atoms with E-state index < -0.39 is 5.41 Å². The standard InChI is InChI=1S/C22H30FN3O2/c23-18-7-1-6-17(13-18)22(9-4-10-22)21(28)26-12-3-5-16(15-26)14-25-20(27)19-8-2-11-24-19/h1,6-7,13,16,19,24H,2-5,8-12,14-15H2,(H,25,27). The summed E-state index contributed by atoms with van der Waals surface area (Å²) in [5.74, 6) is 0.220. The van der Waals surface area contributed by atoms with Crippen molar-refractivity contribution in [2.75, 3.05) is 26.2 Å². The van der Waals surface area contributed by atoms with E-state index in [4.69, 9.17) is 0 Å². The summed E-state index contributed by atoms with van der Waals surface area (Å²) < 4.78 is 13.8. The molecule has 0 spiro atoms. The fraction of sp³-hybridized carbons (Fsp3) is 0.636. The molecule has 2 saturated heterocycles. The first kappa shape index (κ1) is 19.4. The third kappa shape index (κ3) is 3.79. The van der Waals surface area contributed by atoms with Crippen molar-refractivity contribution in [3.8, 4) is 0 Å². The number of benzene rings is 1. The predicted molar refractivity (Wildman–Crippen MR) is 105 cm³/mol. The lowest BCUT2D eigenvalue weighted by molar-refractivity contribution is -0.142. The molecule has 0 radical (unpaired) electrons. The molecule has 6 heteroatoms. The van der Waals surface area contributed by atoms with Gasteiger partial charge in [-0.05, 0) is 68.7 Å². The number of carbonyl (C=O) groups is 2. The molecule has 1 aliphatic carbocycles. The topological polar surface area (TPSA) is 61.4 Å². The number of rotatable bonds is 5. The van der Waals surface area contributed by atoms with Crippen molar-refractivity contribution in [3.05, 3.63) is 35.6 Å². The van der Waals surface area contributed by atoms with Crippen LogP contribution in [-0.2, 0) is 15.0 Å². The summed E-state index contributed by atoms with van der Waals surface area (Å²) in [6.45, 7) is 2.96. The minimum atomic E-state index is -0.555. The van der Waals surface area contributed by atoms with Gasteiger partial charge in [0.25, 0.3) is 0 Å². The van der Waals surface area contributed by atoms with Crippen LogP contribution in [0.3, 0.4) is 0 Å². The summed E-state index contributed by atoms with van der Waals surface area (Å²) in [4.78, 5) is 27.6. The lowest BCUT2D eigenvalue weighted by Gasteiger charge is -2.46. The molecule has 0 aromatic heterocycles. The van der Waals surface area contributed by atoms with Gasteiger partial charge >= 0.3 is 0 Å². The number of nitrogens with one attached hydrogen (secondary N) is 2. The number of likely N-dealkylation sites (tertiary alicyclic amines) is 1. The Kier molecular flexibility index (Phi) is 5.67. The summed E-state index contributed by atoms with van der Waals surface area (Å²) in [6.07, 6.45) is 6.51. The minimum Gasteiger partial charge on any atom is -0.354 e. The van der Waals surface area contributed by atoms with E-state index >= 15 is 0 Å². The first-order valence-corrected chi connectivity index (χ1v) is 10.6. The smallest absolute Gasteiger partial charge is 0.237 e. The number of amides is 2. The number of nitrogens with zero attached hydrogens (tertiary/aromatic N) is 1. The third-order valence-corrected chi connectivity index (χ3v) is 6.74. The van der Waals surface area contributed by atoms with Crippen molar-refractivity contribution in [3.63, 3.8) is 0 Å². The Balaban J connectivity index is 1.38. The molecule has 152 valence electrons. The van der Waals surface area contributed by atoms with Crippen LogP contribution in [0.4, 0.5) is 4.39 Å². The van der Waals surface area contributed by atoms with Gasteiger partial charge in [0.05, 0.1) is 11.5 Å². The van der Waals surface area contributed by atoms with Gasteiger partial charge in [-0.3, -0.25) is 9.59 Å². The van der Waals surface area contributed by atoms with E-state index in [0.29, 0.717) is 13.1 Å². The lowest BCUT2D eigenvalue weighted by Crippen LogP contribution is -2.54. The average Bonchev–Trinajstić information content (AvgIpc) is 3.20. The molecule has 0 bridgehead atoms. The van der Waals surface area contributed by atoms with E-state index in [-0.39, 0.29) is 29.6 Å². The summed E-state index contributed by atoms with van der Waals surface area (Å²) >= 11 is 0. The van der Waals surface area contributed by atoms with Crippen molar-refractivity contribution in [2.45, 2.75) is 56.4 Å². The monoisotopic (exact) mass is 387 g/mol. The highest BCUT2D eigenvalue weighted by Crippen LogP contribution is 2.45. The second-order valence-electron chi connectivity index (χ2n) is 8.60. The van der Waals surface area contributed by atoms with Crippen molar-refractivity contribution < 1.29 is 14.0 Å². The second kappa shape index (κ2) is 8.19. The maximum absolute atomic E-state index is 13.8. The molecule has 2 N–H and O–H groups in total. The molecule has 2 unspecified atom stereocenters. The highest BCUT2D eigenvalue weighted by atomic mass is 19.1. The van der Waals surface area contributed by atoms with Crippen LogP contribution in [0.2, 0.25) is 0 Å². The Labute approximate surface area is 166 Å². The van der Waals surface area contributed by atoms with Gasteiger partial charge in [-0.1, -0.05) is 18.6 Å². The van der Waals surface area contributed by atoms with Crippen LogP contribution in [0.25, 0.3) is 0 Å². The van der Waals surface area contributed by atoms with Gasteiger partial charge in [-0.2, -0.15) is 0 Å². The zero-order valence-electron chi connectivity index (χ0n) is 16.4. The second-order valence-corrected chi connectivity index (χ2v) is 8.60. The molecule has 1 saturated carbocycles. The number of hydrogen-bond donors (Lipinski definition) is 2. The van der Waals surface area contributed by atoms with Crippen LogP contribution in [0.5, 0.6) is 0 Å². The van der Waals surface area contributed by atoms with E-state index in [2.05, 4.69) is 10.6 Å². The molecular weight excluding hydrogens is 357 g/mol. The van der Waals surface area contributed by atoms with Gasteiger partial charge in [0.2, 0.25) is 11.8 Å².